The van der Waals surface area contributed by atoms with Gasteiger partial charge in [-0.25, -0.2) is 0 Å². The lowest BCUT2D eigenvalue weighted by Crippen LogP contribution is -2.35. The molecule has 0 bridgehead atoms. The summed E-state index contributed by atoms with van der Waals surface area (Å²) in [6, 6.07) is 58.0. The maximum atomic E-state index is 5.19. The van der Waals surface area contributed by atoms with Gasteiger partial charge in [-0.3, -0.25) is 9.89 Å². The molecular formula is C47H34N4S. The van der Waals surface area contributed by atoms with Crippen LogP contribution in [0.25, 0.3) is 80.6 Å². The molecule has 2 atom stereocenters. The highest BCUT2D eigenvalue weighted by Gasteiger charge is 2.30. The van der Waals surface area contributed by atoms with Crippen molar-refractivity contribution in [1.29, 1.82) is 0 Å². The molecule has 248 valence electrons. The van der Waals surface area contributed by atoms with Gasteiger partial charge in [0.1, 0.15) is 0 Å². The average molecular weight is 687 g/mol. The number of benzene rings is 7. The highest BCUT2D eigenvalue weighted by molar-refractivity contribution is 7.26. The molecule has 0 aliphatic carbocycles. The van der Waals surface area contributed by atoms with Gasteiger partial charge >= 0.3 is 0 Å². The molecule has 0 saturated heterocycles. The molecule has 0 amide bonds. The molecule has 11 rings (SSSR count). The van der Waals surface area contributed by atoms with Gasteiger partial charge < -0.3 is 9.13 Å². The zero-order chi connectivity index (χ0) is 34.3. The third-order valence-corrected chi connectivity index (χ3v) is 12.4. The molecule has 10 aromatic rings. The summed E-state index contributed by atoms with van der Waals surface area (Å²) in [4.78, 5) is 7.64. The summed E-state index contributed by atoms with van der Waals surface area (Å²) in [7, 11) is 2.23. The summed E-state index contributed by atoms with van der Waals surface area (Å²) in [5.41, 5.74) is 9.85. The Bertz CT molecular complexity index is 3000. The molecule has 0 radical (unpaired) electrons. The Kier molecular flexibility index (Phi) is 6.57. The predicted octanol–water partition coefficient (Wildman–Crippen LogP) is 12.5. The molecule has 1 aliphatic heterocycles. The molecule has 0 N–H and O–H groups in total. The number of hydrogen-bond donors (Lipinski definition) is 0. The molecule has 0 fully saturated rings. The van der Waals surface area contributed by atoms with Crippen molar-refractivity contribution >= 4 is 81.3 Å². The number of aromatic nitrogens is 2. The molecule has 5 heteroatoms. The van der Waals surface area contributed by atoms with E-state index in [9.17, 15) is 0 Å². The maximum absolute atomic E-state index is 5.19. The van der Waals surface area contributed by atoms with Crippen molar-refractivity contribution < 1.29 is 0 Å². The second kappa shape index (κ2) is 11.5. The number of rotatable bonds is 4. The van der Waals surface area contributed by atoms with Gasteiger partial charge in [0.15, 0.2) is 6.29 Å². The van der Waals surface area contributed by atoms with Crippen molar-refractivity contribution in [2.24, 2.45) is 4.99 Å². The first-order valence-electron chi connectivity index (χ1n) is 18.0. The lowest BCUT2D eigenvalue weighted by Gasteiger charge is -2.37. The van der Waals surface area contributed by atoms with Crippen molar-refractivity contribution in [3.63, 3.8) is 0 Å². The number of fused-ring (bicyclic) bond motifs is 9. The molecule has 0 spiro atoms. The van der Waals surface area contributed by atoms with E-state index < -0.39 is 0 Å². The number of thiophene rings is 1. The molecule has 7 aromatic carbocycles. The van der Waals surface area contributed by atoms with Crippen molar-refractivity contribution in [2.75, 3.05) is 7.05 Å². The van der Waals surface area contributed by atoms with Gasteiger partial charge in [-0.2, -0.15) is 0 Å². The first kappa shape index (κ1) is 29.7. The Morgan fingerprint density at radius 3 is 1.98 bits per heavy atom. The largest absolute Gasteiger partial charge is 0.309 e. The van der Waals surface area contributed by atoms with Crippen LogP contribution in [0.4, 0.5) is 0 Å². The molecular weight excluding hydrogens is 653 g/mol. The van der Waals surface area contributed by atoms with Crippen LogP contribution >= 0.6 is 11.3 Å². The maximum Gasteiger partial charge on any atom is 0.182 e. The van der Waals surface area contributed by atoms with Crippen LogP contribution in [0.1, 0.15) is 24.3 Å². The molecule has 4 heterocycles. The zero-order valence-corrected chi connectivity index (χ0v) is 29.5. The van der Waals surface area contributed by atoms with Crippen LogP contribution in [0.3, 0.4) is 0 Å². The van der Waals surface area contributed by atoms with Gasteiger partial charge in [-0.1, -0.05) is 109 Å². The van der Waals surface area contributed by atoms with E-state index in [1.165, 1.54) is 86.2 Å². The normalized spacial score (nSPS) is 16.7. The van der Waals surface area contributed by atoms with Crippen molar-refractivity contribution in [3.05, 3.63) is 163 Å². The summed E-state index contributed by atoms with van der Waals surface area (Å²) in [5, 5.41) is 7.72. The van der Waals surface area contributed by atoms with Crippen LogP contribution in [0.5, 0.6) is 0 Å². The lowest BCUT2D eigenvalue weighted by molar-refractivity contribution is 0.126. The number of hydrogen-bond acceptors (Lipinski definition) is 3. The van der Waals surface area contributed by atoms with Gasteiger partial charge in [0.05, 0.1) is 22.1 Å². The van der Waals surface area contributed by atoms with Crippen LogP contribution in [-0.4, -0.2) is 27.3 Å². The highest BCUT2D eigenvalue weighted by Crippen LogP contribution is 2.43. The average Bonchev–Trinajstić information content (AvgIpc) is 3.86. The summed E-state index contributed by atoms with van der Waals surface area (Å²) in [5.74, 6) is 0. The minimum absolute atomic E-state index is 0.164. The Balaban J connectivity index is 1.02. The molecule has 4 nitrogen and oxygen atoms in total. The fraction of sp³-hybridized carbons (Fsp3) is 0.0851. The minimum atomic E-state index is -0.185. The number of aliphatic imine (C=N–C) groups is 1. The minimum Gasteiger partial charge on any atom is -0.309 e. The van der Waals surface area contributed by atoms with Crippen molar-refractivity contribution in [1.82, 2.24) is 14.0 Å². The van der Waals surface area contributed by atoms with Crippen LogP contribution in [0.15, 0.2) is 163 Å². The SMILES string of the molecule is CN1C(c2cccc(-n3c4ccccc4c4ccccc43)c2)CC=NC1n1c2ccccc2c2cc(-c3cccc4c3sc3ccccc34)ccc21. The molecule has 2 unspecified atom stereocenters. The summed E-state index contributed by atoms with van der Waals surface area (Å²) < 4.78 is 7.52. The van der Waals surface area contributed by atoms with E-state index in [1.54, 1.807) is 0 Å². The smallest absolute Gasteiger partial charge is 0.182 e. The van der Waals surface area contributed by atoms with E-state index in [0.717, 1.165) is 6.42 Å². The van der Waals surface area contributed by atoms with Gasteiger partial charge in [-0.15, -0.1) is 11.3 Å². The van der Waals surface area contributed by atoms with Gasteiger partial charge in [0, 0.05) is 66.1 Å². The van der Waals surface area contributed by atoms with E-state index in [0.29, 0.717) is 0 Å². The molecule has 1 aliphatic rings. The predicted molar refractivity (Wildman–Crippen MR) is 221 cm³/mol. The van der Waals surface area contributed by atoms with Gasteiger partial charge in [0.25, 0.3) is 0 Å². The van der Waals surface area contributed by atoms with Crippen LogP contribution < -0.4 is 0 Å². The standard InChI is InChI=1S/C47H34N4S/c1-49-40(31-12-10-13-32(28-31)50-41-20-6-2-14-34(41)35-15-3-7-21-42(35)50)26-27-48-47(49)51-43-22-8-4-16-36(43)39-29-30(24-25-44(39)51)33-18-11-19-38-37-17-5-9-23-45(37)52-46(33)38/h2-25,27-29,40,47H,26H2,1H3. The third kappa shape index (κ3) is 4.33. The van der Waals surface area contributed by atoms with E-state index in [1.807, 2.05) is 11.3 Å². The highest BCUT2D eigenvalue weighted by atomic mass is 32.1. The Morgan fingerprint density at radius 2 is 1.19 bits per heavy atom. The summed E-state index contributed by atoms with van der Waals surface area (Å²) in [6.07, 6.45) is 2.80. The molecule has 52 heavy (non-hydrogen) atoms. The van der Waals surface area contributed by atoms with Crippen LogP contribution in [0.2, 0.25) is 0 Å². The number of nitrogens with zero attached hydrogens (tertiary/aromatic N) is 4. The van der Waals surface area contributed by atoms with E-state index in [4.69, 9.17) is 4.99 Å². The molecule has 0 saturated carbocycles. The first-order chi connectivity index (χ1) is 25.7. The van der Waals surface area contributed by atoms with E-state index in [2.05, 4.69) is 185 Å². The van der Waals surface area contributed by atoms with Crippen LogP contribution in [0, 0.1) is 0 Å². The van der Waals surface area contributed by atoms with Crippen molar-refractivity contribution in [3.8, 4) is 16.8 Å². The Morgan fingerprint density at radius 1 is 0.558 bits per heavy atom. The third-order valence-electron chi connectivity index (χ3n) is 11.2. The first-order valence-corrected chi connectivity index (χ1v) is 18.8. The quantitative estimate of drug-likeness (QED) is 0.181. The van der Waals surface area contributed by atoms with E-state index >= 15 is 0 Å². The summed E-state index contributed by atoms with van der Waals surface area (Å²) >= 11 is 1.89. The van der Waals surface area contributed by atoms with Crippen molar-refractivity contribution in [2.45, 2.75) is 18.8 Å². The van der Waals surface area contributed by atoms with Gasteiger partial charge in [0.2, 0.25) is 0 Å². The second-order valence-electron chi connectivity index (χ2n) is 14.0. The Labute approximate surface area is 305 Å². The van der Waals surface area contributed by atoms with Gasteiger partial charge in [-0.05, 0) is 72.3 Å². The fourth-order valence-electron chi connectivity index (χ4n) is 8.77. The topological polar surface area (TPSA) is 25.5 Å². The van der Waals surface area contributed by atoms with Crippen LogP contribution in [-0.2, 0) is 0 Å². The summed E-state index contributed by atoms with van der Waals surface area (Å²) in [6.45, 7) is 0. The number of para-hydroxylation sites is 3. The fourth-order valence-corrected chi connectivity index (χ4v) is 10.0. The molecule has 3 aromatic heterocycles. The lowest BCUT2D eigenvalue weighted by atomic mass is 10.0. The van der Waals surface area contributed by atoms with E-state index in [-0.39, 0.29) is 12.3 Å². The second-order valence-corrected chi connectivity index (χ2v) is 15.0. The Hall–Kier alpha value is -6.01. The monoisotopic (exact) mass is 686 g/mol. The zero-order valence-electron chi connectivity index (χ0n) is 28.6.